The van der Waals surface area contributed by atoms with E-state index in [1.807, 2.05) is 44.9 Å². The third kappa shape index (κ3) is 4.91. The van der Waals surface area contributed by atoms with Crippen LogP contribution in [0, 0.1) is 13.8 Å². The van der Waals surface area contributed by atoms with Gasteiger partial charge in [0.15, 0.2) is 0 Å². The van der Waals surface area contributed by atoms with Crippen molar-refractivity contribution >= 4 is 35.0 Å². The first-order valence-corrected chi connectivity index (χ1v) is 8.49. The normalized spacial score (nSPS) is 11.8. The van der Waals surface area contributed by atoms with E-state index in [1.54, 1.807) is 6.34 Å². The largest absolute Gasteiger partial charge is 0.416 e. The molecule has 0 aliphatic heterocycles. The van der Waals surface area contributed by atoms with Crippen LogP contribution in [-0.2, 0) is 6.18 Å². The number of anilines is 2. The van der Waals surface area contributed by atoms with E-state index in [1.165, 1.54) is 6.07 Å². The lowest BCUT2D eigenvalue weighted by molar-refractivity contribution is -0.137. The molecule has 140 valence electrons. The Hall–Kier alpha value is -2.21. The van der Waals surface area contributed by atoms with E-state index in [2.05, 4.69) is 10.3 Å². The molecule has 0 fully saturated rings. The fourth-order valence-corrected chi connectivity index (χ4v) is 2.48. The van der Waals surface area contributed by atoms with Gasteiger partial charge in [0.05, 0.1) is 28.3 Å². The third-order valence-corrected chi connectivity index (χ3v) is 4.31. The lowest BCUT2D eigenvalue weighted by atomic mass is 10.1. The van der Waals surface area contributed by atoms with Crippen LogP contribution in [0.1, 0.15) is 23.6 Å². The minimum absolute atomic E-state index is 0.0172. The first kappa shape index (κ1) is 20.1. The van der Waals surface area contributed by atoms with Gasteiger partial charge in [-0.3, -0.25) is 0 Å². The van der Waals surface area contributed by atoms with E-state index < -0.39 is 11.7 Å². The standard InChI is InChI=1S/C19H21ClF3N3/c1-5-26(4)11-24-17-8-13(3)18(9-12(17)2)25-16-7-6-14(10-15(16)20)19(21,22)23/h6-11,25H,5H2,1-4H3. The molecular weight excluding hydrogens is 363 g/mol. The molecule has 0 atom stereocenters. The van der Waals surface area contributed by atoms with Gasteiger partial charge in [0.2, 0.25) is 0 Å². The van der Waals surface area contributed by atoms with Crippen LogP contribution in [0.5, 0.6) is 0 Å². The molecule has 26 heavy (non-hydrogen) atoms. The van der Waals surface area contributed by atoms with Crippen molar-refractivity contribution in [1.82, 2.24) is 4.90 Å². The molecule has 0 saturated heterocycles. The van der Waals surface area contributed by atoms with E-state index in [4.69, 9.17) is 11.6 Å². The molecule has 0 radical (unpaired) electrons. The van der Waals surface area contributed by atoms with Gasteiger partial charge < -0.3 is 10.2 Å². The van der Waals surface area contributed by atoms with Crippen molar-refractivity contribution in [3.8, 4) is 0 Å². The summed E-state index contributed by atoms with van der Waals surface area (Å²) in [7, 11) is 1.94. The highest BCUT2D eigenvalue weighted by molar-refractivity contribution is 6.33. The number of nitrogens with one attached hydrogen (secondary N) is 1. The fourth-order valence-electron chi connectivity index (χ4n) is 2.26. The number of benzene rings is 2. The van der Waals surface area contributed by atoms with Crippen LogP contribution in [0.4, 0.5) is 30.2 Å². The van der Waals surface area contributed by atoms with Crippen LogP contribution in [-0.4, -0.2) is 24.8 Å². The van der Waals surface area contributed by atoms with Gasteiger partial charge >= 0.3 is 6.18 Å². The van der Waals surface area contributed by atoms with Gasteiger partial charge in [0.25, 0.3) is 0 Å². The number of halogens is 4. The van der Waals surface area contributed by atoms with E-state index in [0.29, 0.717) is 5.69 Å². The van der Waals surface area contributed by atoms with Crippen LogP contribution in [0.25, 0.3) is 0 Å². The molecule has 2 aromatic rings. The van der Waals surface area contributed by atoms with Crippen molar-refractivity contribution in [3.05, 3.63) is 52.0 Å². The molecule has 7 heteroatoms. The second-order valence-electron chi connectivity index (χ2n) is 6.09. The average Bonchev–Trinajstić information content (AvgIpc) is 2.56. The third-order valence-electron chi connectivity index (χ3n) is 4.00. The maximum atomic E-state index is 12.7. The predicted molar refractivity (Wildman–Crippen MR) is 102 cm³/mol. The summed E-state index contributed by atoms with van der Waals surface area (Å²) in [6, 6.07) is 7.10. The van der Waals surface area contributed by atoms with Crippen molar-refractivity contribution in [2.24, 2.45) is 4.99 Å². The quantitative estimate of drug-likeness (QED) is 0.482. The van der Waals surface area contributed by atoms with Gasteiger partial charge in [-0.1, -0.05) is 11.6 Å². The Morgan fingerprint density at radius 3 is 2.38 bits per heavy atom. The zero-order valence-corrected chi connectivity index (χ0v) is 15.8. The Bertz CT molecular complexity index is 816. The molecule has 0 aliphatic rings. The van der Waals surface area contributed by atoms with Crippen molar-refractivity contribution in [2.45, 2.75) is 26.9 Å². The van der Waals surface area contributed by atoms with Gasteiger partial charge in [0.1, 0.15) is 0 Å². The number of aliphatic imine (C=N–C) groups is 1. The second kappa shape index (κ2) is 7.99. The molecule has 0 aromatic heterocycles. The number of rotatable bonds is 5. The topological polar surface area (TPSA) is 27.6 Å². The number of nitrogens with zero attached hydrogens (tertiary/aromatic N) is 2. The summed E-state index contributed by atoms with van der Waals surface area (Å²) in [6.45, 7) is 6.72. The number of aryl methyl sites for hydroxylation is 2. The van der Waals surface area contributed by atoms with Crippen molar-refractivity contribution in [1.29, 1.82) is 0 Å². The Kier molecular flexibility index (Phi) is 6.18. The average molecular weight is 384 g/mol. The smallest absolute Gasteiger partial charge is 0.366 e. The summed E-state index contributed by atoms with van der Waals surface area (Å²) in [4.78, 5) is 6.43. The van der Waals surface area contributed by atoms with Gasteiger partial charge in [-0.15, -0.1) is 0 Å². The predicted octanol–water partition coefficient (Wildman–Crippen LogP) is 6.33. The molecule has 1 N–H and O–H groups in total. The highest BCUT2D eigenvalue weighted by atomic mass is 35.5. The Labute approximate surface area is 156 Å². The lowest BCUT2D eigenvalue weighted by Crippen LogP contribution is -2.14. The van der Waals surface area contributed by atoms with Crippen LogP contribution in [0.2, 0.25) is 5.02 Å². The number of alkyl halides is 3. The summed E-state index contributed by atoms with van der Waals surface area (Å²) in [5.41, 5.74) is 3.12. The molecule has 3 nitrogen and oxygen atoms in total. The molecule has 0 heterocycles. The maximum absolute atomic E-state index is 12.7. The van der Waals surface area contributed by atoms with E-state index in [9.17, 15) is 13.2 Å². The van der Waals surface area contributed by atoms with Gasteiger partial charge in [-0.05, 0) is 62.2 Å². The summed E-state index contributed by atoms with van der Waals surface area (Å²) in [5, 5.41) is 3.12. The first-order valence-electron chi connectivity index (χ1n) is 8.11. The minimum Gasteiger partial charge on any atom is -0.366 e. The van der Waals surface area contributed by atoms with Gasteiger partial charge in [0, 0.05) is 19.3 Å². The summed E-state index contributed by atoms with van der Waals surface area (Å²) in [5.74, 6) is 0. The van der Waals surface area contributed by atoms with Crippen LogP contribution in [0.3, 0.4) is 0 Å². The zero-order chi connectivity index (χ0) is 19.5. The summed E-state index contributed by atoms with van der Waals surface area (Å²) < 4.78 is 38.2. The lowest BCUT2D eigenvalue weighted by Gasteiger charge is -2.15. The SMILES string of the molecule is CCN(C)C=Nc1cc(C)c(Nc2ccc(C(F)(F)F)cc2Cl)cc1C. The summed E-state index contributed by atoms with van der Waals surface area (Å²) in [6.07, 6.45) is -2.65. The number of hydrogen-bond acceptors (Lipinski definition) is 2. The highest BCUT2D eigenvalue weighted by Crippen LogP contribution is 2.36. The molecule has 0 spiro atoms. The van der Waals surface area contributed by atoms with Gasteiger partial charge in [-0.2, -0.15) is 13.2 Å². The minimum atomic E-state index is -4.42. The van der Waals surface area contributed by atoms with E-state index in [-0.39, 0.29) is 5.02 Å². The zero-order valence-electron chi connectivity index (χ0n) is 15.1. The van der Waals surface area contributed by atoms with Crippen molar-refractivity contribution in [3.63, 3.8) is 0 Å². The van der Waals surface area contributed by atoms with Crippen LogP contribution < -0.4 is 5.32 Å². The van der Waals surface area contributed by atoms with Crippen molar-refractivity contribution in [2.75, 3.05) is 18.9 Å². The van der Waals surface area contributed by atoms with Gasteiger partial charge in [-0.25, -0.2) is 4.99 Å². The maximum Gasteiger partial charge on any atom is 0.416 e. The van der Waals surface area contributed by atoms with E-state index >= 15 is 0 Å². The first-order chi connectivity index (χ1) is 12.1. The highest BCUT2D eigenvalue weighted by Gasteiger charge is 2.30. The van der Waals surface area contributed by atoms with Crippen molar-refractivity contribution < 1.29 is 13.2 Å². The Morgan fingerprint density at radius 2 is 1.81 bits per heavy atom. The Balaban J connectivity index is 2.28. The van der Waals surface area contributed by atoms with E-state index in [0.717, 1.165) is 41.2 Å². The molecule has 0 amide bonds. The molecule has 0 unspecified atom stereocenters. The molecule has 2 rings (SSSR count). The Morgan fingerprint density at radius 1 is 1.12 bits per heavy atom. The molecular formula is C19H21ClF3N3. The second-order valence-corrected chi connectivity index (χ2v) is 6.50. The van der Waals surface area contributed by atoms with Crippen LogP contribution >= 0.6 is 11.6 Å². The molecule has 0 saturated carbocycles. The van der Waals surface area contributed by atoms with Crippen LogP contribution in [0.15, 0.2) is 35.3 Å². The molecule has 0 aliphatic carbocycles. The monoisotopic (exact) mass is 383 g/mol. The fraction of sp³-hybridized carbons (Fsp3) is 0.316. The number of hydrogen-bond donors (Lipinski definition) is 1. The molecule has 2 aromatic carbocycles. The molecule has 0 bridgehead atoms. The summed E-state index contributed by atoms with van der Waals surface area (Å²) >= 11 is 6.02.